The maximum atomic E-state index is 12.2. The van der Waals surface area contributed by atoms with Crippen molar-refractivity contribution in [2.45, 2.75) is 52.1 Å². The lowest BCUT2D eigenvalue weighted by Crippen LogP contribution is -2.62. The lowest BCUT2D eigenvalue weighted by atomic mass is 9.74. The van der Waals surface area contributed by atoms with E-state index in [1.807, 2.05) is 0 Å². The Morgan fingerprint density at radius 2 is 1.59 bits per heavy atom. The molecule has 0 aromatic rings. The van der Waals surface area contributed by atoms with Crippen molar-refractivity contribution in [2.24, 2.45) is 11.1 Å². The summed E-state index contributed by atoms with van der Waals surface area (Å²) in [6.45, 7) is 8.25. The number of rotatable bonds is 6. The van der Waals surface area contributed by atoms with Crippen LogP contribution >= 0.6 is 0 Å². The van der Waals surface area contributed by atoms with Crippen LogP contribution in [0.15, 0.2) is 0 Å². The van der Waals surface area contributed by atoms with Gasteiger partial charge in [0, 0.05) is 5.54 Å². The van der Waals surface area contributed by atoms with Gasteiger partial charge in [-0.1, -0.05) is 6.92 Å². The molecule has 0 radical (unpaired) electrons. The molecule has 0 atom stereocenters. The van der Waals surface area contributed by atoms with Crippen LogP contribution in [-0.2, 0) is 4.79 Å². The molecule has 0 bridgehead atoms. The Morgan fingerprint density at radius 3 is 1.82 bits per heavy atom. The minimum Gasteiger partial charge on any atom is -0.394 e. The van der Waals surface area contributed by atoms with E-state index in [1.165, 1.54) is 0 Å². The van der Waals surface area contributed by atoms with Crippen molar-refractivity contribution in [1.82, 2.24) is 5.32 Å². The Hall–Kier alpha value is -0.650. The average Bonchev–Trinajstić information content (AvgIpc) is 2.24. The second kappa shape index (κ2) is 5.33. The number of nitrogens with two attached hydrogens (primary N) is 1. The van der Waals surface area contributed by atoms with Crippen LogP contribution in [0.4, 0.5) is 0 Å². The normalized spacial score (nSPS) is 13.6. The minimum absolute atomic E-state index is 0.269. The summed E-state index contributed by atoms with van der Waals surface area (Å²) >= 11 is 0. The van der Waals surface area contributed by atoms with Crippen LogP contribution < -0.4 is 11.1 Å². The predicted molar refractivity (Wildman–Crippen MR) is 67.4 cm³/mol. The SMILES string of the molecule is CCC(CO)(CO)NC(=O)C(C)(C)C(C)(C)N. The second-order valence-corrected chi connectivity index (χ2v) is 5.75. The molecule has 102 valence electrons. The van der Waals surface area contributed by atoms with Crippen LogP contribution in [0, 0.1) is 5.41 Å². The van der Waals surface area contributed by atoms with Gasteiger partial charge < -0.3 is 21.3 Å². The fraction of sp³-hybridized carbons (Fsp3) is 0.917. The summed E-state index contributed by atoms with van der Waals surface area (Å²) in [6.07, 6.45) is 0.451. The third kappa shape index (κ3) is 3.40. The molecule has 0 aromatic heterocycles. The van der Waals surface area contributed by atoms with Crippen LogP contribution in [0.3, 0.4) is 0 Å². The summed E-state index contributed by atoms with van der Waals surface area (Å²) < 4.78 is 0. The lowest BCUT2D eigenvalue weighted by molar-refractivity contribution is -0.135. The summed E-state index contributed by atoms with van der Waals surface area (Å²) in [4.78, 5) is 12.2. The molecule has 0 fully saturated rings. The van der Waals surface area contributed by atoms with Gasteiger partial charge in [-0.05, 0) is 34.1 Å². The van der Waals surface area contributed by atoms with Gasteiger partial charge in [-0.2, -0.15) is 0 Å². The zero-order valence-electron chi connectivity index (χ0n) is 11.5. The summed E-state index contributed by atoms with van der Waals surface area (Å²) in [5.74, 6) is -0.269. The molecular weight excluding hydrogens is 220 g/mol. The van der Waals surface area contributed by atoms with Crippen LogP contribution in [0.1, 0.15) is 41.0 Å². The van der Waals surface area contributed by atoms with Gasteiger partial charge in [-0.15, -0.1) is 0 Å². The van der Waals surface area contributed by atoms with E-state index in [4.69, 9.17) is 5.73 Å². The largest absolute Gasteiger partial charge is 0.394 e. The van der Waals surface area contributed by atoms with Crippen molar-refractivity contribution < 1.29 is 15.0 Å². The van der Waals surface area contributed by atoms with E-state index in [0.29, 0.717) is 6.42 Å². The highest BCUT2D eigenvalue weighted by molar-refractivity contribution is 5.84. The summed E-state index contributed by atoms with van der Waals surface area (Å²) in [5.41, 5.74) is 3.51. The minimum atomic E-state index is -0.973. The van der Waals surface area contributed by atoms with E-state index in [9.17, 15) is 15.0 Å². The van der Waals surface area contributed by atoms with Crippen molar-refractivity contribution >= 4 is 5.91 Å². The third-order valence-electron chi connectivity index (χ3n) is 3.84. The molecule has 0 saturated heterocycles. The van der Waals surface area contributed by atoms with Gasteiger partial charge in [0.25, 0.3) is 0 Å². The van der Waals surface area contributed by atoms with Gasteiger partial charge in [0.15, 0.2) is 0 Å². The number of aliphatic hydroxyl groups excluding tert-OH is 2. The molecule has 0 unspecified atom stereocenters. The van der Waals surface area contributed by atoms with Crippen LogP contribution in [-0.4, -0.2) is 40.4 Å². The molecule has 1 amide bonds. The molecule has 5 N–H and O–H groups in total. The van der Waals surface area contributed by atoms with E-state index in [1.54, 1.807) is 34.6 Å². The zero-order valence-corrected chi connectivity index (χ0v) is 11.5. The molecule has 0 spiro atoms. The molecule has 5 heteroatoms. The number of hydrogen-bond donors (Lipinski definition) is 4. The summed E-state index contributed by atoms with van der Waals surface area (Å²) in [5, 5.41) is 21.3. The van der Waals surface area contributed by atoms with Gasteiger partial charge in [0.2, 0.25) is 5.91 Å². The molecule has 0 saturated carbocycles. The topological polar surface area (TPSA) is 95.6 Å². The van der Waals surface area contributed by atoms with Crippen molar-refractivity contribution in [3.63, 3.8) is 0 Å². The first-order valence-corrected chi connectivity index (χ1v) is 5.89. The van der Waals surface area contributed by atoms with Gasteiger partial charge in [0.05, 0.1) is 24.2 Å². The Bertz CT molecular complexity index is 257. The van der Waals surface area contributed by atoms with Gasteiger partial charge >= 0.3 is 0 Å². The quantitative estimate of drug-likeness (QED) is 0.530. The number of nitrogens with one attached hydrogen (secondary N) is 1. The first kappa shape index (κ1) is 16.4. The van der Waals surface area contributed by atoms with E-state index in [-0.39, 0.29) is 19.1 Å². The summed E-state index contributed by atoms with van der Waals surface area (Å²) in [6, 6.07) is 0. The van der Waals surface area contributed by atoms with Crippen molar-refractivity contribution in [2.75, 3.05) is 13.2 Å². The number of amides is 1. The first-order chi connectivity index (χ1) is 7.56. The Kier molecular flexibility index (Phi) is 5.13. The number of carbonyl (C=O) groups excluding carboxylic acids is 1. The van der Waals surface area contributed by atoms with Crippen molar-refractivity contribution in [1.29, 1.82) is 0 Å². The highest BCUT2D eigenvalue weighted by Gasteiger charge is 2.43. The predicted octanol–water partition coefficient (Wildman–Crippen LogP) is -0.000500. The molecule has 0 aliphatic rings. The zero-order chi connectivity index (χ0) is 13.9. The summed E-state index contributed by atoms with van der Waals surface area (Å²) in [7, 11) is 0. The smallest absolute Gasteiger partial charge is 0.228 e. The van der Waals surface area contributed by atoms with E-state index in [0.717, 1.165) is 0 Å². The molecule has 17 heavy (non-hydrogen) atoms. The molecule has 0 rings (SSSR count). The standard InChI is InChI=1S/C12H26N2O3/c1-6-12(7-15,8-16)14-9(17)10(2,3)11(4,5)13/h15-16H,6-8,13H2,1-5H3,(H,14,17). The average molecular weight is 246 g/mol. The lowest BCUT2D eigenvalue weighted by Gasteiger charge is -2.40. The molecular formula is C12H26N2O3. The van der Waals surface area contributed by atoms with Gasteiger partial charge in [-0.3, -0.25) is 4.79 Å². The Labute approximate surface area is 103 Å². The highest BCUT2D eigenvalue weighted by atomic mass is 16.3. The maximum Gasteiger partial charge on any atom is 0.228 e. The molecule has 5 nitrogen and oxygen atoms in total. The van der Waals surface area contributed by atoms with Crippen molar-refractivity contribution in [3.8, 4) is 0 Å². The number of hydrogen-bond acceptors (Lipinski definition) is 4. The second-order valence-electron chi connectivity index (χ2n) is 5.75. The van der Waals surface area contributed by atoms with E-state index < -0.39 is 16.5 Å². The molecule has 0 heterocycles. The van der Waals surface area contributed by atoms with Crippen molar-refractivity contribution in [3.05, 3.63) is 0 Å². The third-order valence-corrected chi connectivity index (χ3v) is 3.84. The maximum absolute atomic E-state index is 12.2. The van der Waals surface area contributed by atoms with Gasteiger partial charge in [-0.25, -0.2) is 0 Å². The molecule has 0 aromatic carbocycles. The fourth-order valence-corrected chi connectivity index (χ4v) is 1.13. The number of aliphatic hydroxyl groups is 2. The Balaban J connectivity index is 4.97. The number of carbonyl (C=O) groups is 1. The first-order valence-electron chi connectivity index (χ1n) is 5.89. The monoisotopic (exact) mass is 246 g/mol. The van der Waals surface area contributed by atoms with Crippen LogP contribution in [0.2, 0.25) is 0 Å². The van der Waals surface area contributed by atoms with E-state index >= 15 is 0 Å². The molecule has 0 aliphatic heterocycles. The van der Waals surface area contributed by atoms with E-state index in [2.05, 4.69) is 5.32 Å². The van der Waals surface area contributed by atoms with Crippen LogP contribution in [0.5, 0.6) is 0 Å². The molecule has 0 aliphatic carbocycles. The van der Waals surface area contributed by atoms with Crippen LogP contribution in [0.25, 0.3) is 0 Å². The fourth-order valence-electron chi connectivity index (χ4n) is 1.13. The Morgan fingerprint density at radius 1 is 1.18 bits per heavy atom. The van der Waals surface area contributed by atoms with Gasteiger partial charge in [0.1, 0.15) is 0 Å². The highest BCUT2D eigenvalue weighted by Crippen LogP contribution is 2.29.